The van der Waals surface area contributed by atoms with Crippen LogP contribution < -0.4 is 0 Å². The number of aliphatic imine (C=N–C) groups is 1. The molecule has 0 aliphatic heterocycles. The molecule has 0 unspecified atom stereocenters. The van der Waals surface area contributed by atoms with Gasteiger partial charge in [-0.05, 0) is 43.4 Å². The predicted molar refractivity (Wildman–Crippen MR) is 66.4 cm³/mol. The van der Waals surface area contributed by atoms with Crippen LogP contribution in [0.15, 0.2) is 34.8 Å². The van der Waals surface area contributed by atoms with E-state index in [2.05, 4.69) is 36.2 Å². The Kier molecular flexibility index (Phi) is 3.00. The van der Waals surface area contributed by atoms with Gasteiger partial charge in [0.2, 0.25) is 0 Å². The molecule has 0 N–H and O–H groups in total. The molecule has 0 aromatic heterocycles. The Balaban J connectivity index is 2.17. The first-order chi connectivity index (χ1) is 7.31. The van der Waals surface area contributed by atoms with Crippen molar-refractivity contribution in [3.63, 3.8) is 0 Å². The largest absolute Gasteiger partial charge is 0.293 e. The van der Waals surface area contributed by atoms with Crippen molar-refractivity contribution in [2.45, 2.75) is 26.7 Å². The highest BCUT2D eigenvalue weighted by Gasteiger charge is 2.15. The summed E-state index contributed by atoms with van der Waals surface area (Å²) in [6.45, 7) is 5.12. The van der Waals surface area contributed by atoms with Gasteiger partial charge in [-0.3, -0.25) is 4.99 Å². The zero-order valence-electron chi connectivity index (χ0n) is 9.46. The van der Waals surface area contributed by atoms with E-state index in [0.29, 0.717) is 0 Å². The molecule has 0 amide bonds. The van der Waals surface area contributed by atoms with Crippen LogP contribution in [0.5, 0.6) is 0 Å². The maximum atomic E-state index is 4.23. The maximum absolute atomic E-state index is 4.23. The second-order valence-corrected chi connectivity index (χ2v) is 3.98. The molecule has 0 spiro atoms. The summed E-state index contributed by atoms with van der Waals surface area (Å²) in [5.74, 6) is 0. The summed E-state index contributed by atoms with van der Waals surface area (Å²) < 4.78 is 0. The molecule has 1 saturated carbocycles. The number of nitrogens with zero attached hydrogens (tertiary/aromatic N) is 1. The van der Waals surface area contributed by atoms with Gasteiger partial charge in [0, 0.05) is 12.8 Å². The summed E-state index contributed by atoms with van der Waals surface area (Å²) in [6.07, 6.45) is 4.53. The Labute approximate surface area is 91.6 Å². The van der Waals surface area contributed by atoms with Crippen molar-refractivity contribution in [1.29, 1.82) is 0 Å². The Bertz CT molecular complexity index is 390. The van der Waals surface area contributed by atoms with Gasteiger partial charge in [0.25, 0.3) is 0 Å². The van der Waals surface area contributed by atoms with Crippen LogP contribution in [0.3, 0.4) is 0 Å². The molecule has 1 aromatic carbocycles. The van der Waals surface area contributed by atoms with Gasteiger partial charge >= 0.3 is 0 Å². The van der Waals surface area contributed by atoms with Crippen LogP contribution in [0.1, 0.15) is 37.8 Å². The standard InChI is InChI=1S/C14H17N/c1-3-15-10-12-4-6-13(7-5-12)11(2)14-8-9-14/h4-7,10H,3,8-9H2,1-2H3. The summed E-state index contributed by atoms with van der Waals surface area (Å²) in [7, 11) is 0. The zero-order valence-corrected chi connectivity index (χ0v) is 9.46. The van der Waals surface area contributed by atoms with E-state index in [1.165, 1.54) is 29.5 Å². The molecule has 0 bridgehead atoms. The van der Waals surface area contributed by atoms with E-state index in [-0.39, 0.29) is 0 Å². The zero-order chi connectivity index (χ0) is 10.7. The van der Waals surface area contributed by atoms with Crippen LogP contribution in [-0.4, -0.2) is 12.8 Å². The van der Waals surface area contributed by atoms with Crippen LogP contribution >= 0.6 is 0 Å². The quantitative estimate of drug-likeness (QED) is 0.658. The number of allylic oxidation sites excluding steroid dienone is 2. The van der Waals surface area contributed by atoms with E-state index in [1.54, 1.807) is 5.57 Å². The third-order valence-corrected chi connectivity index (χ3v) is 2.80. The van der Waals surface area contributed by atoms with Crippen molar-refractivity contribution in [3.8, 4) is 0 Å². The Hall–Kier alpha value is -1.37. The summed E-state index contributed by atoms with van der Waals surface area (Å²) >= 11 is 0. The van der Waals surface area contributed by atoms with Crippen molar-refractivity contribution in [2.75, 3.05) is 6.54 Å². The molecule has 1 fully saturated rings. The minimum Gasteiger partial charge on any atom is -0.293 e. The fraction of sp³-hybridized carbons (Fsp3) is 0.357. The van der Waals surface area contributed by atoms with Gasteiger partial charge < -0.3 is 0 Å². The minimum absolute atomic E-state index is 0.852. The van der Waals surface area contributed by atoms with Gasteiger partial charge in [-0.15, -0.1) is 0 Å². The van der Waals surface area contributed by atoms with Crippen LogP contribution in [-0.2, 0) is 0 Å². The third-order valence-electron chi connectivity index (χ3n) is 2.80. The highest BCUT2D eigenvalue weighted by atomic mass is 14.7. The molecule has 1 nitrogen and oxygen atoms in total. The molecular formula is C14H17N. The summed E-state index contributed by atoms with van der Waals surface area (Å²) in [4.78, 5) is 4.23. The first-order valence-corrected chi connectivity index (χ1v) is 5.60. The Morgan fingerprint density at radius 2 is 1.93 bits per heavy atom. The van der Waals surface area contributed by atoms with E-state index >= 15 is 0 Å². The highest BCUT2D eigenvalue weighted by Crippen LogP contribution is 2.35. The lowest BCUT2D eigenvalue weighted by Gasteiger charge is -2.01. The van der Waals surface area contributed by atoms with Crippen molar-refractivity contribution >= 4 is 11.8 Å². The molecule has 1 heteroatoms. The molecule has 2 rings (SSSR count). The van der Waals surface area contributed by atoms with Gasteiger partial charge in [-0.2, -0.15) is 0 Å². The third kappa shape index (κ3) is 2.56. The number of rotatable bonds is 3. The molecule has 0 heterocycles. The normalized spacial score (nSPS) is 14.7. The van der Waals surface area contributed by atoms with Gasteiger partial charge in [-0.25, -0.2) is 0 Å². The number of benzene rings is 1. The second-order valence-electron chi connectivity index (χ2n) is 3.98. The average molecular weight is 199 g/mol. The average Bonchev–Trinajstić information content (AvgIpc) is 3.10. The van der Waals surface area contributed by atoms with Crippen LogP contribution in [0.4, 0.5) is 0 Å². The fourth-order valence-electron chi connectivity index (χ4n) is 1.66. The first kappa shape index (κ1) is 10.2. The topological polar surface area (TPSA) is 12.4 Å². The lowest BCUT2D eigenvalue weighted by Crippen LogP contribution is -1.84. The monoisotopic (exact) mass is 199 g/mol. The molecule has 0 saturated heterocycles. The highest BCUT2D eigenvalue weighted by molar-refractivity contribution is 5.81. The molecule has 0 radical (unpaired) electrons. The van der Waals surface area contributed by atoms with Crippen molar-refractivity contribution in [3.05, 3.63) is 41.0 Å². The summed E-state index contributed by atoms with van der Waals surface area (Å²) in [5.41, 5.74) is 5.63. The minimum atomic E-state index is 0.852. The SMILES string of the molecule is CCN=Cc1ccc(C(C)=C2CC2)cc1. The van der Waals surface area contributed by atoms with E-state index in [1.807, 2.05) is 13.1 Å². The lowest BCUT2D eigenvalue weighted by molar-refractivity contribution is 1.14. The van der Waals surface area contributed by atoms with Crippen LogP contribution in [0.25, 0.3) is 5.57 Å². The molecule has 15 heavy (non-hydrogen) atoms. The van der Waals surface area contributed by atoms with Crippen LogP contribution in [0, 0.1) is 0 Å². The molecular weight excluding hydrogens is 182 g/mol. The lowest BCUT2D eigenvalue weighted by atomic mass is 10.1. The Morgan fingerprint density at radius 3 is 2.47 bits per heavy atom. The van der Waals surface area contributed by atoms with E-state index in [0.717, 1.165) is 6.54 Å². The fourth-order valence-corrected chi connectivity index (χ4v) is 1.66. The number of hydrogen-bond acceptors (Lipinski definition) is 1. The molecule has 1 aliphatic carbocycles. The second kappa shape index (κ2) is 4.43. The van der Waals surface area contributed by atoms with E-state index < -0.39 is 0 Å². The molecule has 78 valence electrons. The molecule has 1 aliphatic rings. The molecule has 0 atom stereocenters. The Morgan fingerprint density at radius 1 is 1.27 bits per heavy atom. The summed E-state index contributed by atoms with van der Waals surface area (Å²) in [5, 5.41) is 0. The van der Waals surface area contributed by atoms with E-state index in [4.69, 9.17) is 0 Å². The van der Waals surface area contributed by atoms with Crippen molar-refractivity contribution in [2.24, 2.45) is 4.99 Å². The van der Waals surface area contributed by atoms with Gasteiger partial charge in [0.1, 0.15) is 0 Å². The first-order valence-electron chi connectivity index (χ1n) is 5.60. The van der Waals surface area contributed by atoms with Gasteiger partial charge in [0.15, 0.2) is 0 Å². The molecule has 1 aromatic rings. The number of hydrogen-bond donors (Lipinski definition) is 0. The van der Waals surface area contributed by atoms with Crippen LogP contribution in [0.2, 0.25) is 0 Å². The van der Waals surface area contributed by atoms with Crippen molar-refractivity contribution < 1.29 is 0 Å². The van der Waals surface area contributed by atoms with Crippen molar-refractivity contribution in [1.82, 2.24) is 0 Å². The van der Waals surface area contributed by atoms with Gasteiger partial charge in [0.05, 0.1) is 0 Å². The maximum Gasteiger partial charge on any atom is 0.0361 e. The predicted octanol–water partition coefficient (Wildman–Crippen LogP) is 3.69. The van der Waals surface area contributed by atoms with E-state index in [9.17, 15) is 0 Å². The van der Waals surface area contributed by atoms with Gasteiger partial charge in [-0.1, -0.05) is 29.8 Å². The summed E-state index contributed by atoms with van der Waals surface area (Å²) in [6, 6.07) is 8.66. The smallest absolute Gasteiger partial charge is 0.0361 e.